The van der Waals surface area contributed by atoms with Crippen LogP contribution in [0.1, 0.15) is 27.6 Å². The molecule has 1 aromatic rings. The van der Waals surface area contributed by atoms with Crippen molar-refractivity contribution < 1.29 is 9.59 Å². The Bertz CT molecular complexity index is 374. The first-order chi connectivity index (χ1) is 6.57. The third-order valence-electron chi connectivity index (χ3n) is 1.78. The molecular weight excluding hydrogens is 359 g/mol. The molecule has 2 nitrogen and oxygen atoms in total. The van der Waals surface area contributed by atoms with Crippen molar-refractivity contribution in [1.29, 1.82) is 0 Å². The molecule has 0 fully saturated rings. The summed E-state index contributed by atoms with van der Waals surface area (Å²) in [4.78, 5) is 22.2. The fourth-order valence-electron chi connectivity index (χ4n) is 1.10. The predicted molar refractivity (Wildman–Crippen MR) is 67.3 cm³/mol. The van der Waals surface area contributed by atoms with E-state index in [1.54, 1.807) is 19.1 Å². The van der Waals surface area contributed by atoms with E-state index in [9.17, 15) is 9.59 Å². The van der Waals surface area contributed by atoms with Crippen molar-refractivity contribution in [3.05, 3.63) is 32.9 Å². The first-order valence-electron chi connectivity index (χ1n) is 4.00. The molecule has 1 atom stereocenters. The molecule has 0 aliphatic carbocycles. The van der Waals surface area contributed by atoms with Crippen LogP contribution in [0.25, 0.3) is 0 Å². The monoisotopic (exact) mass is 366 g/mol. The van der Waals surface area contributed by atoms with Gasteiger partial charge >= 0.3 is 0 Å². The van der Waals surface area contributed by atoms with Gasteiger partial charge in [-0.15, -0.1) is 0 Å². The largest absolute Gasteiger partial charge is 0.298 e. The van der Waals surface area contributed by atoms with Crippen LogP contribution in [0.15, 0.2) is 18.2 Å². The van der Waals surface area contributed by atoms with E-state index in [-0.39, 0.29) is 10.6 Å². The number of aldehydes is 1. The average Bonchev–Trinajstić information content (AvgIpc) is 2.16. The molecule has 0 N–H and O–H groups in total. The Kier molecular flexibility index (Phi) is 4.25. The number of Topliss-reactive ketones (excluding diaryl/α,β-unsaturated/α-hetero) is 1. The van der Waals surface area contributed by atoms with Gasteiger partial charge in [0.15, 0.2) is 12.1 Å². The second-order valence-corrected chi connectivity index (χ2v) is 5.34. The SMILES string of the molecule is CC(Br)C(=O)c1c(I)cccc1C=O. The van der Waals surface area contributed by atoms with Crippen LogP contribution in [0.3, 0.4) is 0 Å². The van der Waals surface area contributed by atoms with Gasteiger partial charge in [0, 0.05) is 14.7 Å². The van der Waals surface area contributed by atoms with Crippen LogP contribution in [-0.4, -0.2) is 16.9 Å². The maximum absolute atomic E-state index is 11.7. The summed E-state index contributed by atoms with van der Waals surface area (Å²) in [6, 6.07) is 5.23. The van der Waals surface area contributed by atoms with E-state index < -0.39 is 0 Å². The van der Waals surface area contributed by atoms with Crippen molar-refractivity contribution in [2.75, 3.05) is 0 Å². The number of alkyl halides is 1. The third kappa shape index (κ3) is 2.42. The highest BCUT2D eigenvalue weighted by Gasteiger charge is 2.18. The van der Waals surface area contributed by atoms with Gasteiger partial charge < -0.3 is 0 Å². The summed E-state index contributed by atoms with van der Waals surface area (Å²) in [5.74, 6) is -0.0582. The van der Waals surface area contributed by atoms with Crippen LogP contribution in [0, 0.1) is 3.57 Å². The Balaban J connectivity index is 3.30. The number of hydrogen-bond donors (Lipinski definition) is 0. The number of benzene rings is 1. The second kappa shape index (κ2) is 5.02. The molecule has 0 spiro atoms. The normalized spacial score (nSPS) is 12.2. The van der Waals surface area contributed by atoms with Crippen molar-refractivity contribution in [3.63, 3.8) is 0 Å². The highest BCUT2D eigenvalue weighted by molar-refractivity contribution is 14.1. The number of rotatable bonds is 3. The van der Waals surface area contributed by atoms with Crippen LogP contribution in [-0.2, 0) is 0 Å². The van der Waals surface area contributed by atoms with Crippen molar-refractivity contribution in [2.45, 2.75) is 11.8 Å². The molecule has 74 valence electrons. The lowest BCUT2D eigenvalue weighted by atomic mass is 10.0. The number of hydrogen-bond acceptors (Lipinski definition) is 2. The predicted octanol–water partition coefficient (Wildman–Crippen LogP) is 3.07. The molecule has 0 radical (unpaired) electrons. The molecule has 0 amide bonds. The van der Waals surface area contributed by atoms with Crippen LogP contribution < -0.4 is 0 Å². The highest BCUT2D eigenvalue weighted by Crippen LogP contribution is 2.19. The van der Waals surface area contributed by atoms with Crippen molar-refractivity contribution in [1.82, 2.24) is 0 Å². The first kappa shape index (κ1) is 11.8. The Morgan fingerprint density at radius 3 is 2.71 bits per heavy atom. The van der Waals surface area contributed by atoms with E-state index in [4.69, 9.17) is 0 Å². The topological polar surface area (TPSA) is 34.1 Å². The Morgan fingerprint density at radius 1 is 1.57 bits per heavy atom. The Morgan fingerprint density at radius 2 is 2.21 bits per heavy atom. The smallest absolute Gasteiger partial charge is 0.177 e. The van der Waals surface area contributed by atoms with Crippen LogP contribution in [0.4, 0.5) is 0 Å². The van der Waals surface area contributed by atoms with Crippen LogP contribution in [0.5, 0.6) is 0 Å². The van der Waals surface area contributed by atoms with Crippen molar-refractivity contribution in [3.8, 4) is 0 Å². The summed E-state index contributed by atoms with van der Waals surface area (Å²) < 4.78 is 0.809. The average molecular weight is 367 g/mol. The van der Waals surface area contributed by atoms with Gasteiger partial charge in [-0.1, -0.05) is 28.1 Å². The van der Waals surface area contributed by atoms with E-state index in [0.717, 1.165) is 3.57 Å². The van der Waals surface area contributed by atoms with Crippen LogP contribution >= 0.6 is 38.5 Å². The molecule has 0 saturated heterocycles. The van der Waals surface area contributed by atoms with Crippen LogP contribution in [0.2, 0.25) is 0 Å². The Labute approximate surface area is 104 Å². The van der Waals surface area contributed by atoms with E-state index in [0.29, 0.717) is 17.4 Å². The zero-order valence-corrected chi connectivity index (χ0v) is 11.2. The van der Waals surface area contributed by atoms with Gasteiger partial charge in [-0.3, -0.25) is 9.59 Å². The lowest BCUT2D eigenvalue weighted by Crippen LogP contribution is -2.14. The van der Waals surface area contributed by atoms with Gasteiger partial charge in [-0.05, 0) is 35.6 Å². The molecule has 1 rings (SSSR count). The molecule has 4 heteroatoms. The maximum Gasteiger partial charge on any atom is 0.177 e. The van der Waals surface area contributed by atoms with Gasteiger partial charge in [0.1, 0.15) is 0 Å². The standard InChI is InChI=1S/C10H8BrIO2/c1-6(11)10(14)9-7(5-13)3-2-4-8(9)12/h2-6H,1H3. The fourth-order valence-corrected chi connectivity index (χ4v) is 2.11. The van der Waals surface area contributed by atoms with E-state index in [1.807, 2.05) is 6.07 Å². The summed E-state index contributed by atoms with van der Waals surface area (Å²) in [6.07, 6.45) is 0.713. The molecule has 0 saturated carbocycles. The third-order valence-corrected chi connectivity index (χ3v) is 3.10. The molecule has 0 aromatic heterocycles. The molecule has 1 unspecified atom stereocenters. The van der Waals surface area contributed by atoms with Gasteiger partial charge in [-0.25, -0.2) is 0 Å². The lowest BCUT2D eigenvalue weighted by molar-refractivity contribution is 0.0988. The Hall–Kier alpha value is -0.230. The van der Waals surface area contributed by atoms with Gasteiger partial charge in [0.25, 0.3) is 0 Å². The quantitative estimate of drug-likeness (QED) is 0.356. The van der Waals surface area contributed by atoms with E-state index in [1.165, 1.54) is 0 Å². The molecular formula is C10H8BrIO2. The summed E-state index contributed by atoms with van der Waals surface area (Å²) in [5.41, 5.74) is 0.959. The maximum atomic E-state index is 11.7. The zero-order chi connectivity index (χ0) is 10.7. The van der Waals surface area contributed by atoms with Crippen molar-refractivity contribution >= 4 is 50.6 Å². The summed E-state index contributed by atoms with van der Waals surface area (Å²) >= 11 is 5.26. The summed E-state index contributed by atoms with van der Waals surface area (Å²) in [7, 11) is 0. The number of carbonyl (C=O) groups is 2. The summed E-state index contributed by atoms with van der Waals surface area (Å²) in [5, 5.41) is 0. The molecule has 0 aliphatic heterocycles. The summed E-state index contributed by atoms with van der Waals surface area (Å²) in [6.45, 7) is 1.75. The zero-order valence-electron chi connectivity index (χ0n) is 7.46. The lowest BCUT2D eigenvalue weighted by Gasteiger charge is -2.07. The molecule has 1 aromatic carbocycles. The molecule has 14 heavy (non-hydrogen) atoms. The van der Waals surface area contributed by atoms with E-state index >= 15 is 0 Å². The van der Waals surface area contributed by atoms with Gasteiger partial charge in [0.2, 0.25) is 0 Å². The van der Waals surface area contributed by atoms with Gasteiger partial charge in [0.05, 0.1) is 4.83 Å². The minimum Gasteiger partial charge on any atom is -0.298 e. The van der Waals surface area contributed by atoms with E-state index in [2.05, 4.69) is 38.5 Å². The minimum atomic E-state index is -0.267. The molecule has 0 heterocycles. The number of carbonyl (C=O) groups excluding carboxylic acids is 2. The fraction of sp³-hybridized carbons (Fsp3) is 0.200. The number of halogens is 2. The van der Waals surface area contributed by atoms with Gasteiger partial charge in [-0.2, -0.15) is 0 Å². The molecule has 0 bridgehead atoms. The number of ketones is 1. The highest BCUT2D eigenvalue weighted by atomic mass is 127. The molecule has 0 aliphatic rings. The van der Waals surface area contributed by atoms with Crippen molar-refractivity contribution in [2.24, 2.45) is 0 Å². The second-order valence-electron chi connectivity index (χ2n) is 2.80. The first-order valence-corrected chi connectivity index (χ1v) is 5.99. The minimum absolute atomic E-state index is 0.0582.